The van der Waals surface area contributed by atoms with Crippen LogP contribution in [0.25, 0.3) is 0 Å². The van der Waals surface area contributed by atoms with Crippen molar-refractivity contribution in [3.05, 3.63) is 76.0 Å². The number of benzene rings is 2. The van der Waals surface area contributed by atoms with Crippen LogP contribution < -0.4 is 20.3 Å². The molecule has 1 heterocycles. The molecule has 3 rings (SSSR count). The number of ether oxygens (including phenoxy) is 1. The highest BCUT2D eigenvalue weighted by molar-refractivity contribution is 7.10. The lowest BCUT2D eigenvalue weighted by Crippen LogP contribution is -2.30. The van der Waals surface area contributed by atoms with Gasteiger partial charge in [-0.3, -0.25) is 4.79 Å². The summed E-state index contributed by atoms with van der Waals surface area (Å²) in [5.41, 5.74) is -0.442. The minimum absolute atomic E-state index is 0.124. The van der Waals surface area contributed by atoms with Gasteiger partial charge in [-0.05, 0) is 53.9 Å². The van der Waals surface area contributed by atoms with E-state index in [1.807, 2.05) is 17.5 Å². The van der Waals surface area contributed by atoms with Crippen molar-refractivity contribution in [3.63, 3.8) is 0 Å². The minimum Gasteiger partial charge on any atom is -0.545 e. The third-order valence-electron chi connectivity index (χ3n) is 3.72. The number of anilines is 1. The Labute approximate surface area is 163 Å². The van der Waals surface area contributed by atoms with Crippen molar-refractivity contribution >= 4 is 34.9 Å². The quantitative estimate of drug-likeness (QED) is 0.647. The standard InChI is InChI=1S/C20H15NO6S/c22-18(11-15-2-1-9-28-15)21-12-3-5-13(6-4-12)27-14-7-8-16(19(23)24)17(10-14)20(25)26/h1-10H,11H2,(H,21,22)(H,23,24)(H,25,26)/p-2. The largest absolute Gasteiger partial charge is 0.545 e. The molecule has 142 valence electrons. The Balaban J connectivity index is 1.67. The molecule has 0 bridgehead atoms. The van der Waals surface area contributed by atoms with Gasteiger partial charge >= 0.3 is 0 Å². The van der Waals surface area contributed by atoms with Gasteiger partial charge in [0.1, 0.15) is 11.5 Å². The highest BCUT2D eigenvalue weighted by Crippen LogP contribution is 2.25. The zero-order valence-electron chi connectivity index (χ0n) is 14.3. The van der Waals surface area contributed by atoms with Gasteiger partial charge in [0.15, 0.2) is 0 Å². The molecule has 0 saturated heterocycles. The van der Waals surface area contributed by atoms with Gasteiger partial charge in [-0.15, -0.1) is 11.3 Å². The highest BCUT2D eigenvalue weighted by Gasteiger charge is 2.09. The lowest BCUT2D eigenvalue weighted by molar-refractivity contribution is -0.259. The summed E-state index contributed by atoms with van der Waals surface area (Å²) >= 11 is 1.50. The Morgan fingerprint density at radius 3 is 2.18 bits per heavy atom. The van der Waals surface area contributed by atoms with Crippen LogP contribution in [0, 0.1) is 0 Å². The number of thiophene rings is 1. The van der Waals surface area contributed by atoms with Crippen molar-refractivity contribution in [3.8, 4) is 11.5 Å². The summed E-state index contributed by atoms with van der Waals surface area (Å²) in [4.78, 5) is 35.0. The topological polar surface area (TPSA) is 119 Å². The van der Waals surface area contributed by atoms with Gasteiger partial charge < -0.3 is 29.9 Å². The van der Waals surface area contributed by atoms with E-state index in [1.54, 1.807) is 24.3 Å². The first-order chi connectivity index (χ1) is 13.4. The average molecular weight is 395 g/mol. The first-order valence-electron chi connectivity index (χ1n) is 8.09. The number of carboxylic acid groups (broad SMARTS) is 2. The van der Waals surface area contributed by atoms with Crippen LogP contribution >= 0.6 is 11.3 Å². The Bertz CT molecular complexity index is 1010. The molecule has 3 aromatic rings. The molecule has 7 nitrogen and oxygen atoms in total. The van der Waals surface area contributed by atoms with E-state index < -0.39 is 23.1 Å². The van der Waals surface area contributed by atoms with Gasteiger partial charge in [0.25, 0.3) is 0 Å². The summed E-state index contributed by atoms with van der Waals surface area (Å²) in [5, 5.41) is 26.7. The third kappa shape index (κ3) is 4.74. The zero-order valence-corrected chi connectivity index (χ0v) is 15.2. The van der Waals surface area contributed by atoms with E-state index in [2.05, 4.69) is 5.32 Å². The molecule has 1 N–H and O–H groups in total. The van der Waals surface area contributed by atoms with Gasteiger partial charge in [0.2, 0.25) is 5.91 Å². The van der Waals surface area contributed by atoms with Crippen LogP contribution in [-0.2, 0) is 11.2 Å². The number of nitrogens with one attached hydrogen (secondary N) is 1. The van der Waals surface area contributed by atoms with E-state index in [4.69, 9.17) is 4.74 Å². The van der Waals surface area contributed by atoms with E-state index in [-0.39, 0.29) is 18.1 Å². The summed E-state index contributed by atoms with van der Waals surface area (Å²) in [5.74, 6) is -2.91. The van der Waals surface area contributed by atoms with Gasteiger partial charge in [-0.25, -0.2) is 0 Å². The number of carbonyl (C=O) groups excluding carboxylic acids is 3. The first-order valence-corrected chi connectivity index (χ1v) is 8.97. The maximum absolute atomic E-state index is 12.0. The molecule has 0 aliphatic carbocycles. The van der Waals surface area contributed by atoms with Crippen molar-refractivity contribution in [2.75, 3.05) is 5.32 Å². The fourth-order valence-corrected chi connectivity index (χ4v) is 3.16. The van der Waals surface area contributed by atoms with Gasteiger partial charge in [-0.2, -0.15) is 0 Å². The predicted molar refractivity (Wildman–Crippen MR) is 98.3 cm³/mol. The predicted octanol–water partition coefficient (Wildman–Crippen LogP) is 1.45. The third-order valence-corrected chi connectivity index (χ3v) is 4.60. The van der Waals surface area contributed by atoms with Crippen LogP contribution in [0.2, 0.25) is 0 Å². The summed E-state index contributed by atoms with van der Waals surface area (Å²) < 4.78 is 5.53. The molecule has 8 heteroatoms. The molecular weight excluding hydrogens is 382 g/mol. The van der Waals surface area contributed by atoms with E-state index >= 15 is 0 Å². The summed E-state index contributed by atoms with van der Waals surface area (Å²) in [6, 6.07) is 13.7. The number of amides is 1. The fourth-order valence-electron chi connectivity index (χ4n) is 2.45. The SMILES string of the molecule is O=C(Cc1cccs1)Nc1ccc(Oc2ccc(C(=O)[O-])c(C(=O)[O-])c2)cc1. The number of carbonyl (C=O) groups is 3. The Morgan fingerprint density at radius 2 is 1.57 bits per heavy atom. The zero-order chi connectivity index (χ0) is 20.1. The van der Waals surface area contributed by atoms with Crippen LogP contribution in [0.1, 0.15) is 25.6 Å². The number of carboxylic acids is 2. The molecule has 0 aliphatic heterocycles. The lowest BCUT2D eigenvalue weighted by Gasteiger charge is -2.14. The van der Waals surface area contributed by atoms with E-state index in [1.165, 1.54) is 17.4 Å². The normalized spacial score (nSPS) is 10.3. The molecule has 0 fully saturated rings. The summed E-state index contributed by atoms with van der Waals surface area (Å²) in [7, 11) is 0. The second-order valence-electron chi connectivity index (χ2n) is 5.71. The van der Waals surface area contributed by atoms with Gasteiger partial charge in [0, 0.05) is 21.7 Å². The summed E-state index contributed by atoms with van der Waals surface area (Å²) in [6.07, 6.45) is 0.284. The molecule has 0 saturated carbocycles. The van der Waals surface area contributed by atoms with E-state index in [9.17, 15) is 24.6 Å². The molecule has 1 amide bonds. The number of aromatic carboxylic acids is 2. The Hall–Kier alpha value is -3.65. The van der Waals surface area contributed by atoms with Crippen LogP contribution in [0.15, 0.2) is 60.0 Å². The molecule has 1 aromatic heterocycles. The average Bonchev–Trinajstić information content (AvgIpc) is 3.16. The molecule has 28 heavy (non-hydrogen) atoms. The minimum atomic E-state index is -1.64. The van der Waals surface area contributed by atoms with Crippen molar-refractivity contribution in [2.24, 2.45) is 0 Å². The molecule has 2 aromatic carbocycles. The van der Waals surface area contributed by atoms with Crippen molar-refractivity contribution in [2.45, 2.75) is 6.42 Å². The van der Waals surface area contributed by atoms with Gasteiger partial charge in [-0.1, -0.05) is 6.07 Å². The second kappa shape index (κ2) is 8.36. The highest BCUT2D eigenvalue weighted by atomic mass is 32.1. The Kier molecular flexibility index (Phi) is 5.71. The van der Waals surface area contributed by atoms with Crippen LogP contribution in [-0.4, -0.2) is 17.8 Å². The van der Waals surface area contributed by atoms with E-state index in [0.29, 0.717) is 11.4 Å². The fraction of sp³-hybridized carbons (Fsp3) is 0.0500. The summed E-state index contributed by atoms with van der Waals surface area (Å²) in [6.45, 7) is 0. The molecule has 0 spiro atoms. The maximum atomic E-state index is 12.0. The van der Waals surface area contributed by atoms with Crippen LogP contribution in [0.4, 0.5) is 5.69 Å². The number of rotatable bonds is 7. The molecule has 0 radical (unpaired) electrons. The maximum Gasteiger partial charge on any atom is 0.229 e. The number of hydrogen-bond acceptors (Lipinski definition) is 7. The lowest BCUT2D eigenvalue weighted by atomic mass is 10.1. The monoisotopic (exact) mass is 395 g/mol. The molecular formula is C20H13NO6S-2. The first kappa shape index (κ1) is 19.1. The van der Waals surface area contributed by atoms with Gasteiger partial charge in [0.05, 0.1) is 18.4 Å². The van der Waals surface area contributed by atoms with Crippen LogP contribution in [0.3, 0.4) is 0 Å². The molecule has 0 atom stereocenters. The van der Waals surface area contributed by atoms with Crippen molar-refractivity contribution in [1.29, 1.82) is 0 Å². The smallest absolute Gasteiger partial charge is 0.229 e. The second-order valence-corrected chi connectivity index (χ2v) is 6.75. The van der Waals surface area contributed by atoms with Crippen molar-refractivity contribution < 1.29 is 29.3 Å². The number of hydrogen-bond donors (Lipinski definition) is 1. The van der Waals surface area contributed by atoms with Crippen molar-refractivity contribution in [1.82, 2.24) is 0 Å². The Morgan fingerprint density at radius 1 is 0.893 bits per heavy atom. The van der Waals surface area contributed by atoms with Crippen LogP contribution in [0.5, 0.6) is 11.5 Å². The molecule has 0 unspecified atom stereocenters. The van der Waals surface area contributed by atoms with E-state index in [0.717, 1.165) is 17.0 Å². The molecule has 0 aliphatic rings.